The van der Waals surface area contributed by atoms with Gasteiger partial charge < -0.3 is 5.11 Å². The predicted octanol–water partition coefficient (Wildman–Crippen LogP) is 1.97. The van der Waals surface area contributed by atoms with Gasteiger partial charge in [-0.25, -0.2) is 4.98 Å². The number of carboxylic acids is 1. The number of aromatic nitrogens is 1. The third kappa shape index (κ3) is 2.00. The summed E-state index contributed by atoms with van der Waals surface area (Å²) >= 11 is 4.45. The van der Waals surface area contributed by atoms with Crippen LogP contribution in [0.2, 0.25) is 0 Å². The van der Waals surface area contributed by atoms with E-state index in [-0.39, 0.29) is 0 Å². The third-order valence-corrected chi connectivity index (χ3v) is 2.77. The Morgan fingerprint density at radius 3 is 2.91 bits per heavy atom. The summed E-state index contributed by atoms with van der Waals surface area (Å²) in [7, 11) is 0. The van der Waals surface area contributed by atoms with E-state index in [1.165, 1.54) is 11.3 Å². The molecule has 0 aliphatic rings. The monoisotopic (exact) mass is 235 g/mol. The Labute approximate surface area is 76.2 Å². The van der Waals surface area contributed by atoms with Gasteiger partial charge in [-0.3, -0.25) is 4.79 Å². The van der Waals surface area contributed by atoms with Crippen molar-refractivity contribution in [2.45, 2.75) is 11.8 Å². The van der Waals surface area contributed by atoms with Gasteiger partial charge in [-0.2, -0.15) is 0 Å². The summed E-state index contributed by atoms with van der Waals surface area (Å²) in [5, 5.41) is 11.2. The molecule has 0 aliphatic heterocycles. The highest BCUT2D eigenvalue weighted by Gasteiger charge is 2.17. The van der Waals surface area contributed by atoms with E-state index in [9.17, 15) is 4.79 Å². The molecule has 5 heteroatoms. The molecule has 1 unspecified atom stereocenters. The number of aryl methyl sites for hydroxylation is 1. The zero-order valence-corrected chi connectivity index (χ0v) is 8.15. The number of carbonyl (C=O) groups is 1. The second-order valence-corrected chi connectivity index (χ2v) is 3.97. The van der Waals surface area contributed by atoms with E-state index in [1.54, 1.807) is 5.38 Å². The van der Waals surface area contributed by atoms with Crippen LogP contribution in [0.5, 0.6) is 0 Å². The summed E-state index contributed by atoms with van der Waals surface area (Å²) in [4.78, 5) is 13.8. The van der Waals surface area contributed by atoms with Gasteiger partial charge in [0.15, 0.2) is 4.83 Å². The highest BCUT2D eigenvalue weighted by Crippen LogP contribution is 2.23. The van der Waals surface area contributed by atoms with Crippen molar-refractivity contribution in [1.29, 1.82) is 0 Å². The average molecular weight is 236 g/mol. The highest BCUT2D eigenvalue weighted by molar-refractivity contribution is 9.09. The topological polar surface area (TPSA) is 50.2 Å². The minimum atomic E-state index is -0.907. The van der Waals surface area contributed by atoms with E-state index in [0.29, 0.717) is 5.69 Å². The number of aliphatic carboxylic acids is 1. The molecular weight excluding hydrogens is 230 g/mol. The van der Waals surface area contributed by atoms with Crippen LogP contribution in [-0.2, 0) is 4.79 Å². The molecule has 60 valence electrons. The number of hydrogen-bond acceptors (Lipinski definition) is 3. The van der Waals surface area contributed by atoms with Gasteiger partial charge >= 0.3 is 5.97 Å². The SMILES string of the molecule is Cc1nc(C(Br)C(=O)O)cs1. The molecule has 0 spiro atoms. The van der Waals surface area contributed by atoms with Crippen LogP contribution in [0.25, 0.3) is 0 Å². The lowest BCUT2D eigenvalue weighted by Crippen LogP contribution is -2.04. The second kappa shape index (κ2) is 3.32. The normalized spacial score (nSPS) is 12.9. The molecule has 0 amide bonds. The number of carboxylic acid groups (broad SMARTS) is 1. The predicted molar refractivity (Wildman–Crippen MR) is 46.2 cm³/mol. The van der Waals surface area contributed by atoms with Gasteiger partial charge in [-0.15, -0.1) is 11.3 Å². The first-order valence-electron chi connectivity index (χ1n) is 2.90. The number of thiazole rings is 1. The zero-order valence-electron chi connectivity index (χ0n) is 5.74. The molecule has 1 aromatic heterocycles. The molecule has 0 bridgehead atoms. The van der Waals surface area contributed by atoms with E-state index in [2.05, 4.69) is 20.9 Å². The van der Waals surface area contributed by atoms with Crippen LogP contribution in [0.15, 0.2) is 5.38 Å². The van der Waals surface area contributed by atoms with Gasteiger partial charge in [0, 0.05) is 5.38 Å². The number of rotatable bonds is 2. The van der Waals surface area contributed by atoms with Gasteiger partial charge in [0.05, 0.1) is 10.7 Å². The molecule has 1 aromatic rings. The molecule has 0 aromatic carbocycles. The maximum Gasteiger partial charge on any atom is 0.323 e. The largest absolute Gasteiger partial charge is 0.480 e. The van der Waals surface area contributed by atoms with Crippen LogP contribution in [0, 0.1) is 6.92 Å². The molecule has 0 radical (unpaired) electrons. The summed E-state index contributed by atoms with van der Waals surface area (Å²) in [5.74, 6) is -0.907. The Morgan fingerprint density at radius 1 is 1.91 bits per heavy atom. The summed E-state index contributed by atoms with van der Waals surface area (Å²) < 4.78 is 0. The fourth-order valence-corrected chi connectivity index (χ4v) is 1.67. The second-order valence-electron chi connectivity index (χ2n) is 1.99. The molecule has 1 atom stereocenters. The van der Waals surface area contributed by atoms with Crippen LogP contribution in [0.4, 0.5) is 0 Å². The number of halogens is 1. The standard InChI is InChI=1S/C6H6BrNO2S/c1-3-8-4(2-11-3)5(7)6(9)10/h2,5H,1H3,(H,9,10). The lowest BCUT2D eigenvalue weighted by Gasteiger charge is -1.97. The zero-order chi connectivity index (χ0) is 8.43. The van der Waals surface area contributed by atoms with Gasteiger partial charge in [-0.05, 0) is 6.92 Å². The molecule has 1 rings (SSSR count). The van der Waals surface area contributed by atoms with Crippen LogP contribution >= 0.6 is 27.3 Å². The first-order valence-corrected chi connectivity index (χ1v) is 4.69. The Morgan fingerprint density at radius 2 is 2.55 bits per heavy atom. The minimum absolute atomic E-state index is 0.569. The van der Waals surface area contributed by atoms with Crippen LogP contribution in [0.3, 0.4) is 0 Å². The highest BCUT2D eigenvalue weighted by atomic mass is 79.9. The lowest BCUT2D eigenvalue weighted by atomic mass is 10.3. The summed E-state index contributed by atoms with van der Waals surface area (Å²) in [6, 6.07) is 0. The summed E-state index contributed by atoms with van der Waals surface area (Å²) in [5.41, 5.74) is 0.569. The van der Waals surface area contributed by atoms with Crippen molar-refractivity contribution >= 4 is 33.2 Å². The molecule has 1 N–H and O–H groups in total. The van der Waals surface area contributed by atoms with E-state index < -0.39 is 10.8 Å². The van der Waals surface area contributed by atoms with Crippen molar-refractivity contribution in [2.75, 3.05) is 0 Å². The number of hydrogen-bond donors (Lipinski definition) is 1. The fourth-order valence-electron chi connectivity index (χ4n) is 0.623. The Balaban J connectivity index is 2.84. The van der Waals surface area contributed by atoms with E-state index in [1.807, 2.05) is 6.92 Å². The Hall–Kier alpha value is -0.420. The Bertz CT molecular complexity index is 273. The number of nitrogens with zero attached hydrogens (tertiary/aromatic N) is 1. The van der Waals surface area contributed by atoms with Crippen molar-refractivity contribution in [1.82, 2.24) is 4.98 Å². The third-order valence-electron chi connectivity index (χ3n) is 1.11. The molecule has 1 heterocycles. The van der Waals surface area contributed by atoms with Crippen molar-refractivity contribution in [3.05, 3.63) is 16.1 Å². The smallest absolute Gasteiger partial charge is 0.323 e. The quantitative estimate of drug-likeness (QED) is 0.798. The van der Waals surface area contributed by atoms with E-state index >= 15 is 0 Å². The molecular formula is C6H6BrNO2S. The molecule has 3 nitrogen and oxygen atoms in total. The fraction of sp³-hybridized carbons (Fsp3) is 0.333. The molecule has 0 fully saturated rings. The Kier molecular flexibility index (Phi) is 2.62. The first kappa shape index (κ1) is 8.67. The van der Waals surface area contributed by atoms with Crippen LogP contribution < -0.4 is 0 Å². The molecule has 11 heavy (non-hydrogen) atoms. The van der Waals surface area contributed by atoms with Crippen molar-refractivity contribution < 1.29 is 9.90 Å². The van der Waals surface area contributed by atoms with Gasteiger partial charge in [-0.1, -0.05) is 15.9 Å². The lowest BCUT2D eigenvalue weighted by molar-refractivity contribution is -0.136. The van der Waals surface area contributed by atoms with Crippen molar-refractivity contribution in [2.24, 2.45) is 0 Å². The van der Waals surface area contributed by atoms with Crippen molar-refractivity contribution in [3.8, 4) is 0 Å². The van der Waals surface area contributed by atoms with Gasteiger partial charge in [0.1, 0.15) is 0 Å². The summed E-state index contributed by atoms with van der Waals surface area (Å²) in [6.07, 6.45) is 0. The van der Waals surface area contributed by atoms with E-state index in [0.717, 1.165) is 5.01 Å². The van der Waals surface area contributed by atoms with Gasteiger partial charge in [0.2, 0.25) is 0 Å². The van der Waals surface area contributed by atoms with E-state index in [4.69, 9.17) is 5.11 Å². The van der Waals surface area contributed by atoms with Crippen LogP contribution in [0.1, 0.15) is 15.5 Å². The minimum Gasteiger partial charge on any atom is -0.480 e. The average Bonchev–Trinajstić information content (AvgIpc) is 2.34. The van der Waals surface area contributed by atoms with Crippen molar-refractivity contribution in [3.63, 3.8) is 0 Å². The number of alkyl halides is 1. The maximum atomic E-state index is 10.4. The first-order chi connectivity index (χ1) is 5.11. The molecule has 0 saturated heterocycles. The van der Waals surface area contributed by atoms with Crippen LogP contribution in [-0.4, -0.2) is 16.1 Å². The molecule has 0 aliphatic carbocycles. The van der Waals surface area contributed by atoms with Gasteiger partial charge in [0.25, 0.3) is 0 Å². The summed E-state index contributed by atoms with van der Waals surface area (Å²) in [6.45, 7) is 1.84. The molecule has 0 saturated carbocycles. The maximum absolute atomic E-state index is 10.4.